The van der Waals surface area contributed by atoms with Crippen LogP contribution in [0.1, 0.15) is 41.0 Å². The highest BCUT2D eigenvalue weighted by atomic mass is 16.6. The van der Waals surface area contributed by atoms with Gasteiger partial charge in [-0.3, -0.25) is 14.9 Å². The van der Waals surface area contributed by atoms with Crippen LogP contribution in [0.4, 0.5) is 10.5 Å². The Morgan fingerprint density at radius 1 is 1.16 bits per heavy atom. The maximum atomic E-state index is 12.9. The molecule has 1 aromatic heterocycles. The molecule has 12 heteroatoms. The Kier molecular flexibility index (Phi) is 8.24. The van der Waals surface area contributed by atoms with Crippen molar-refractivity contribution in [2.75, 3.05) is 0 Å². The molecule has 0 aliphatic carbocycles. The molecule has 0 spiro atoms. The number of nitrogens with zero attached hydrogens (tertiary/aromatic N) is 1. The number of hydrogen-bond acceptors (Lipinski definition) is 10. The molecular weight excluding hydrogens is 500 g/mol. The van der Waals surface area contributed by atoms with Gasteiger partial charge in [0, 0.05) is 24.3 Å². The first kappa shape index (κ1) is 28.0. The van der Waals surface area contributed by atoms with Crippen molar-refractivity contribution in [3.8, 4) is 23.0 Å². The van der Waals surface area contributed by atoms with Gasteiger partial charge in [0.05, 0.1) is 4.92 Å². The average Bonchev–Trinajstić information content (AvgIpc) is 2.82. The van der Waals surface area contributed by atoms with E-state index in [1.807, 2.05) is 6.92 Å². The number of carbonyl (C=O) groups excluding carboxylic acids is 2. The standard InChI is InChI=1S/C26H28N2O10/c1-6-14(2)22(27-25(32)38-26(3,4)5)24(31)37-17-11-18(29)21-19(12-17)35-13-20(23(21)30)36-16-9-7-15(8-10-16)28(33)34/h7-14,22,29H,6H2,1-5H3,(H,27,32)/t14-,22+/m0/s1. The molecule has 2 aromatic carbocycles. The van der Waals surface area contributed by atoms with E-state index in [0.29, 0.717) is 6.42 Å². The van der Waals surface area contributed by atoms with Crippen molar-refractivity contribution in [1.82, 2.24) is 5.32 Å². The molecule has 38 heavy (non-hydrogen) atoms. The summed E-state index contributed by atoms with van der Waals surface area (Å²) in [6.45, 7) is 8.67. The third-order valence-electron chi connectivity index (χ3n) is 5.43. The number of nitro groups is 1. The van der Waals surface area contributed by atoms with Gasteiger partial charge in [-0.05, 0) is 38.8 Å². The fraction of sp³-hybridized carbons (Fsp3) is 0.346. The van der Waals surface area contributed by atoms with E-state index in [4.69, 9.17) is 18.6 Å². The number of amides is 1. The number of phenolic OH excluding ortho intramolecular Hbond substituents is 1. The predicted octanol–water partition coefficient (Wildman–Crippen LogP) is 5.04. The van der Waals surface area contributed by atoms with Crippen molar-refractivity contribution >= 4 is 28.7 Å². The van der Waals surface area contributed by atoms with Crippen molar-refractivity contribution in [3.63, 3.8) is 0 Å². The zero-order chi connectivity index (χ0) is 28.2. The van der Waals surface area contributed by atoms with E-state index in [2.05, 4.69) is 5.32 Å². The van der Waals surface area contributed by atoms with Gasteiger partial charge in [-0.1, -0.05) is 20.3 Å². The molecule has 1 heterocycles. The minimum Gasteiger partial charge on any atom is -0.507 e. The van der Waals surface area contributed by atoms with Crippen LogP contribution in [0.15, 0.2) is 51.9 Å². The molecule has 2 N–H and O–H groups in total. The molecular formula is C26H28N2O10. The van der Waals surface area contributed by atoms with Crippen LogP contribution >= 0.6 is 0 Å². The highest BCUT2D eigenvalue weighted by molar-refractivity contribution is 5.88. The normalized spacial score (nSPS) is 12.9. The number of carbonyl (C=O) groups is 2. The Hall–Kier alpha value is -4.61. The summed E-state index contributed by atoms with van der Waals surface area (Å²) in [4.78, 5) is 48.3. The lowest BCUT2D eigenvalue weighted by atomic mass is 9.99. The Morgan fingerprint density at radius 3 is 2.39 bits per heavy atom. The van der Waals surface area contributed by atoms with Crippen LogP contribution in [-0.2, 0) is 9.53 Å². The lowest BCUT2D eigenvalue weighted by molar-refractivity contribution is -0.384. The summed E-state index contributed by atoms with van der Waals surface area (Å²) < 4.78 is 21.5. The SMILES string of the molecule is CC[C@H](C)[C@@H](NC(=O)OC(C)(C)C)C(=O)Oc1cc(O)c2c(=O)c(Oc3ccc([N+](=O)[O-])cc3)coc2c1. The van der Waals surface area contributed by atoms with Gasteiger partial charge in [0.2, 0.25) is 11.2 Å². The number of nitro benzene ring substituents is 1. The van der Waals surface area contributed by atoms with Gasteiger partial charge in [0.15, 0.2) is 0 Å². The summed E-state index contributed by atoms with van der Waals surface area (Å²) >= 11 is 0. The highest BCUT2D eigenvalue weighted by Gasteiger charge is 2.30. The number of hydrogen-bond donors (Lipinski definition) is 2. The van der Waals surface area contributed by atoms with Crippen molar-refractivity contribution < 1.29 is 38.2 Å². The largest absolute Gasteiger partial charge is 0.507 e. The van der Waals surface area contributed by atoms with E-state index in [1.54, 1.807) is 27.7 Å². The van der Waals surface area contributed by atoms with Crippen molar-refractivity contribution in [2.24, 2.45) is 5.92 Å². The van der Waals surface area contributed by atoms with Gasteiger partial charge < -0.3 is 29.1 Å². The third kappa shape index (κ3) is 6.78. The van der Waals surface area contributed by atoms with Crippen LogP contribution in [0.5, 0.6) is 23.0 Å². The molecule has 0 unspecified atom stereocenters. The quantitative estimate of drug-likeness (QED) is 0.175. The van der Waals surface area contributed by atoms with Gasteiger partial charge in [-0.15, -0.1) is 0 Å². The second kappa shape index (κ2) is 11.2. The van der Waals surface area contributed by atoms with Crippen molar-refractivity contribution in [3.05, 3.63) is 63.0 Å². The smallest absolute Gasteiger partial charge is 0.408 e. The number of aromatic hydroxyl groups is 1. The lowest BCUT2D eigenvalue weighted by Crippen LogP contribution is -2.48. The topological polar surface area (TPSA) is 167 Å². The van der Waals surface area contributed by atoms with Crippen LogP contribution in [0.2, 0.25) is 0 Å². The van der Waals surface area contributed by atoms with Gasteiger partial charge in [0.1, 0.15) is 46.1 Å². The van der Waals surface area contributed by atoms with Gasteiger partial charge in [-0.2, -0.15) is 0 Å². The molecule has 0 aliphatic rings. The Labute approximate surface area is 217 Å². The maximum Gasteiger partial charge on any atom is 0.408 e. The van der Waals surface area contributed by atoms with Crippen LogP contribution in [0.25, 0.3) is 11.0 Å². The summed E-state index contributed by atoms with van der Waals surface area (Å²) in [6.07, 6.45) is 0.765. The van der Waals surface area contributed by atoms with E-state index >= 15 is 0 Å². The zero-order valence-electron chi connectivity index (χ0n) is 21.5. The number of phenols is 1. The molecule has 12 nitrogen and oxygen atoms in total. The summed E-state index contributed by atoms with van der Waals surface area (Å²) in [5, 5.41) is 23.6. The Balaban J connectivity index is 1.84. The van der Waals surface area contributed by atoms with Crippen LogP contribution in [0.3, 0.4) is 0 Å². The first-order valence-corrected chi connectivity index (χ1v) is 11.7. The van der Waals surface area contributed by atoms with E-state index in [1.165, 1.54) is 30.3 Å². The Morgan fingerprint density at radius 2 is 1.82 bits per heavy atom. The van der Waals surface area contributed by atoms with Crippen LogP contribution in [0, 0.1) is 16.0 Å². The number of nitrogens with one attached hydrogen (secondary N) is 1. The monoisotopic (exact) mass is 528 g/mol. The summed E-state index contributed by atoms with van der Waals surface area (Å²) in [5.41, 5.74) is -1.73. The molecule has 3 aromatic rings. The Bertz CT molecular complexity index is 1410. The molecule has 3 rings (SSSR count). The number of benzene rings is 2. The molecule has 202 valence electrons. The van der Waals surface area contributed by atoms with E-state index < -0.39 is 39.8 Å². The van der Waals surface area contributed by atoms with Crippen LogP contribution < -0.4 is 20.2 Å². The average molecular weight is 529 g/mol. The number of rotatable bonds is 8. The minimum absolute atomic E-state index is 0.0889. The number of esters is 1. The first-order chi connectivity index (χ1) is 17.8. The van der Waals surface area contributed by atoms with E-state index in [0.717, 1.165) is 12.3 Å². The van der Waals surface area contributed by atoms with Gasteiger partial charge >= 0.3 is 12.1 Å². The van der Waals surface area contributed by atoms with Crippen LogP contribution in [-0.4, -0.2) is 33.7 Å². The number of fused-ring (bicyclic) bond motifs is 1. The fourth-order valence-electron chi connectivity index (χ4n) is 3.37. The van der Waals surface area contributed by atoms with E-state index in [-0.39, 0.29) is 39.8 Å². The first-order valence-electron chi connectivity index (χ1n) is 11.7. The second-order valence-electron chi connectivity index (χ2n) is 9.53. The second-order valence-corrected chi connectivity index (χ2v) is 9.53. The summed E-state index contributed by atoms with van der Waals surface area (Å²) in [6, 6.07) is 6.30. The lowest BCUT2D eigenvalue weighted by Gasteiger charge is -2.25. The molecule has 0 fully saturated rings. The molecule has 1 amide bonds. The van der Waals surface area contributed by atoms with Crippen molar-refractivity contribution in [2.45, 2.75) is 52.7 Å². The maximum absolute atomic E-state index is 12.9. The summed E-state index contributed by atoms with van der Waals surface area (Å²) in [7, 11) is 0. The highest BCUT2D eigenvalue weighted by Crippen LogP contribution is 2.31. The number of ether oxygens (including phenoxy) is 3. The molecule has 2 atom stereocenters. The summed E-state index contributed by atoms with van der Waals surface area (Å²) in [5.74, 6) is -1.89. The molecule has 0 saturated carbocycles. The third-order valence-corrected chi connectivity index (χ3v) is 5.43. The number of alkyl carbamates (subject to hydrolysis) is 1. The molecule has 0 aliphatic heterocycles. The molecule has 0 bridgehead atoms. The minimum atomic E-state index is -1.04. The fourth-order valence-corrected chi connectivity index (χ4v) is 3.37. The number of non-ortho nitro benzene ring substituents is 1. The molecule has 0 radical (unpaired) electrons. The zero-order valence-corrected chi connectivity index (χ0v) is 21.5. The van der Waals surface area contributed by atoms with Gasteiger partial charge in [-0.25, -0.2) is 9.59 Å². The van der Waals surface area contributed by atoms with E-state index in [9.17, 15) is 29.6 Å². The molecule has 0 saturated heterocycles. The predicted molar refractivity (Wildman–Crippen MR) is 136 cm³/mol. The van der Waals surface area contributed by atoms with Gasteiger partial charge in [0.25, 0.3) is 5.69 Å². The van der Waals surface area contributed by atoms with Crippen molar-refractivity contribution in [1.29, 1.82) is 0 Å².